The van der Waals surface area contributed by atoms with Gasteiger partial charge in [-0.05, 0) is 130 Å². The molecular formula is C28H48O. The van der Waals surface area contributed by atoms with E-state index in [1.165, 1.54) is 63.4 Å². The average Bonchev–Trinajstić information content (AvgIpc) is 3.02. The third kappa shape index (κ3) is 3.56. The molecule has 1 heteroatoms. The highest BCUT2D eigenvalue weighted by molar-refractivity contribution is 5.10. The van der Waals surface area contributed by atoms with Gasteiger partial charge in [0.25, 0.3) is 0 Å². The molecule has 4 rings (SSSR count). The number of hydrogen-bond acceptors (Lipinski definition) is 1. The third-order valence-electron chi connectivity index (χ3n) is 11.1. The molecule has 29 heavy (non-hydrogen) atoms. The van der Waals surface area contributed by atoms with Crippen molar-refractivity contribution in [3.63, 3.8) is 0 Å². The Morgan fingerprint density at radius 3 is 2.31 bits per heavy atom. The Balaban J connectivity index is 1.50. The standard InChI is InChI=1S/C28H48O/c1-18(2)8-7-9-19(3)22-12-13-24-21-10-11-23-20(4)26(29)15-17-28(23,6)25(21)14-16-27(22,24)5/h8,19-26,29H,7,9-17H2,1-6H3/t19-,20+,21+,22-,23+,24+,25+,26+,27-,28+/m1/s1. The molecular weight excluding hydrogens is 352 g/mol. The smallest absolute Gasteiger partial charge is 0.0568 e. The van der Waals surface area contributed by atoms with Crippen molar-refractivity contribution in [3.05, 3.63) is 11.6 Å². The van der Waals surface area contributed by atoms with Gasteiger partial charge in [-0.2, -0.15) is 0 Å². The lowest BCUT2D eigenvalue weighted by atomic mass is 9.43. The maximum atomic E-state index is 10.5. The molecule has 0 aromatic rings. The topological polar surface area (TPSA) is 20.2 Å². The number of rotatable bonds is 4. The van der Waals surface area contributed by atoms with Gasteiger partial charge in [-0.25, -0.2) is 0 Å². The van der Waals surface area contributed by atoms with Crippen LogP contribution in [0.5, 0.6) is 0 Å². The van der Waals surface area contributed by atoms with Crippen LogP contribution in [0.3, 0.4) is 0 Å². The van der Waals surface area contributed by atoms with Gasteiger partial charge in [-0.15, -0.1) is 0 Å². The summed E-state index contributed by atoms with van der Waals surface area (Å²) in [6.07, 6.45) is 16.1. The van der Waals surface area contributed by atoms with Crippen LogP contribution in [0.2, 0.25) is 0 Å². The lowest BCUT2D eigenvalue weighted by molar-refractivity contribution is -0.149. The van der Waals surface area contributed by atoms with Crippen LogP contribution in [0.1, 0.15) is 106 Å². The molecule has 0 bridgehead atoms. The average molecular weight is 401 g/mol. The summed E-state index contributed by atoms with van der Waals surface area (Å²) in [5.41, 5.74) is 2.56. The molecule has 0 heterocycles. The minimum absolute atomic E-state index is 0.0454. The molecule has 10 atom stereocenters. The van der Waals surface area contributed by atoms with Crippen molar-refractivity contribution < 1.29 is 5.11 Å². The van der Waals surface area contributed by atoms with E-state index >= 15 is 0 Å². The van der Waals surface area contributed by atoms with Crippen molar-refractivity contribution >= 4 is 0 Å². The minimum atomic E-state index is -0.0454. The van der Waals surface area contributed by atoms with Gasteiger partial charge >= 0.3 is 0 Å². The van der Waals surface area contributed by atoms with E-state index < -0.39 is 0 Å². The Morgan fingerprint density at radius 1 is 0.931 bits per heavy atom. The summed E-state index contributed by atoms with van der Waals surface area (Å²) in [5, 5.41) is 10.5. The van der Waals surface area contributed by atoms with Crippen LogP contribution in [-0.4, -0.2) is 11.2 Å². The monoisotopic (exact) mass is 400 g/mol. The highest BCUT2D eigenvalue weighted by Crippen LogP contribution is 2.68. The van der Waals surface area contributed by atoms with Gasteiger partial charge in [-0.1, -0.05) is 39.3 Å². The molecule has 4 aliphatic rings. The first-order valence-electron chi connectivity index (χ1n) is 13.0. The molecule has 0 radical (unpaired) electrons. The second kappa shape index (κ2) is 7.99. The fourth-order valence-electron chi connectivity index (χ4n) is 9.52. The molecule has 4 saturated carbocycles. The van der Waals surface area contributed by atoms with Crippen LogP contribution in [0, 0.1) is 52.3 Å². The number of allylic oxidation sites excluding steroid dienone is 2. The molecule has 0 amide bonds. The molecule has 0 aliphatic heterocycles. The molecule has 4 aliphatic carbocycles. The molecule has 0 aromatic heterocycles. The van der Waals surface area contributed by atoms with Gasteiger partial charge in [0.1, 0.15) is 0 Å². The lowest BCUT2D eigenvalue weighted by Gasteiger charge is -2.62. The van der Waals surface area contributed by atoms with E-state index in [1.807, 2.05) is 0 Å². The van der Waals surface area contributed by atoms with Gasteiger partial charge in [0.05, 0.1) is 6.10 Å². The van der Waals surface area contributed by atoms with Crippen molar-refractivity contribution in [2.24, 2.45) is 52.3 Å². The normalized spacial score (nSPS) is 50.2. The highest BCUT2D eigenvalue weighted by Gasteiger charge is 2.61. The zero-order valence-electron chi connectivity index (χ0n) is 20.2. The molecule has 1 N–H and O–H groups in total. The summed E-state index contributed by atoms with van der Waals surface area (Å²) < 4.78 is 0. The summed E-state index contributed by atoms with van der Waals surface area (Å²) >= 11 is 0. The van der Waals surface area contributed by atoms with Crippen LogP contribution in [0.4, 0.5) is 0 Å². The summed E-state index contributed by atoms with van der Waals surface area (Å²) in [7, 11) is 0. The first-order chi connectivity index (χ1) is 13.7. The maximum Gasteiger partial charge on any atom is 0.0568 e. The molecule has 166 valence electrons. The van der Waals surface area contributed by atoms with Crippen LogP contribution in [-0.2, 0) is 0 Å². The fraction of sp³-hybridized carbons (Fsp3) is 0.929. The van der Waals surface area contributed by atoms with Crippen LogP contribution in [0.15, 0.2) is 11.6 Å². The summed E-state index contributed by atoms with van der Waals surface area (Å²) in [6, 6.07) is 0. The fourth-order valence-corrected chi connectivity index (χ4v) is 9.52. The molecule has 0 unspecified atom stereocenters. The van der Waals surface area contributed by atoms with E-state index in [-0.39, 0.29) is 6.10 Å². The van der Waals surface area contributed by atoms with Gasteiger partial charge < -0.3 is 5.11 Å². The molecule has 0 saturated heterocycles. The van der Waals surface area contributed by atoms with Crippen LogP contribution in [0.25, 0.3) is 0 Å². The predicted molar refractivity (Wildman–Crippen MR) is 124 cm³/mol. The van der Waals surface area contributed by atoms with E-state index in [9.17, 15) is 5.11 Å². The summed E-state index contributed by atoms with van der Waals surface area (Å²) in [4.78, 5) is 0. The SMILES string of the molecule is CC(C)=CCC[C@@H](C)[C@H]1CC[C@H]2[C@@H]3CC[C@H]4[C@H](C)[C@@H](O)CC[C@]4(C)[C@H]3CC[C@]12C. The molecule has 0 spiro atoms. The van der Waals surface area contributed by atoms with E-state index in [1.54, 1.807) is 0 Å². The lowest BCUT2D eigenvalue weighted by Crippen LogP contribution is -2.56. The highest BCUT2D eigenvalue weighted by atomic mass is 16.3. The van der Waals surface area contributed by atoms with Crippen molar-refractivity contribution in [2.45, 2.75) is 112 Å². The van der Waals surface area contributed by atoms with Crippen molar-refractivity contribution in [3.8, 4) is 0 Å². The Morgan fingerprint density at radius 2 is 1.59 bits per heavy atom. The first kappa shape index (κ1) is 21.9. The van der Waals surface area contributed by atoms with E-state index in [0.29, 0.717) is 16.7 Å². The molecule has 0 aromatic carbocycles. The summed E-state index contributed by atoms with van der Waals surface area (Å²) in [6.45, 7) is 14.7. The van der Waals surface area contributed by atoms with E-state index in [0.717, 1.165) is 41.9 Å². The Labute approximate surface area is 181 Å². The minimum Gasteiger partial charge on any atom is -0.393 e. The van der Waals surface area contributed by atoms with Gasteiger partial charge in [0.2, 0.25) is 0 Å². The van der Waals surface area contributed by atoms with Crippen molar-refractivity contribution in [2.75, 3.05) is 0 Å². The molecule has 4 fully saturated rings. The van der Waals surface area contributed by atoms with Gasteiger partial charge in [-0.3, -0.25) is 0 Å². The summed E-state index contributed by atoms with van der Waals surface area (Å²) in [5.74, 6) is 5.94. The number of aliphatic hydroxyl groups is 1. The predicted octanol–water partition coefficient (Wildman–Crippen LogP) is 7.63. The zero-order valence-corrected chi connectivity index (χ0v) is 20.2. The quantitative estimate of drug-likeness (QED) is 0.481. The van der Waals surface area contributed by atoms with E-state index in [4.69, 9.17) is 0 Å². The van der Waals surface area contributed by atoms with E-state index in [2.05, 4.69) is 47.6 Å². The number of fused-ring (bicyclic) bond motifs is 5. The Hall–Kier alpha value is -0.300. The van der Waals surface area contributed by atoms with Crippen LogP contribution < -0.4 is 0 Å². The molecule has 1 nitrogen and oxygen atoms in total. The Kier molecular flexibility index (Phi) is 6.04. The largest absolute Gasteiger partial charge is 0.393 e. The van der Waals surface area contributed by atoms with Gasteiger partial charge in [0, 0.05) is 0 Å². The third-order valence-corrected chi connectivity index (χ3v) is 11.1. The number of hydrogen-bond donors (Lipinski definition) is 1. The maximum absolute atomic E-state index is 10.5. The zero-order chi connectivity index (χ0) is 21.0. The second-order valence-corrected chi connectivity index (χ2v) is 12.6. The number of aliphatic hydroxyl groups excluding tert-OH is 1. The second-order valence-electron chi connectivity index (χ2n) is 12.6. The van der Waals surface area contributed by atoms with Crippen molar-refractivity contribution in [1.82, 2.24) is 0 Å². The van der Waals surface area contributed by atoms with Crippen molar-refractivity contribution in [1.29, 1.82) is 0 Å². The van der Waals surface area contributed by atoms with Gasteiger partial charge in [0.15, 0.2) is 0 Å². The van der Waals surface area contributed by atoms with Crippen LogP contribution >= 0.6 is 0 Å². The first-order valence-corrected chi connectivity index (χ1v) is 13.0. The Bertz CT molecular complexity index is 618.